The smallest absolute Gasteiger partial charge is 0.294 e. The van der Waals surface area contributed by atoms with Crippen molar-refractivity contribution in [2.24, 2.45) is 17.8 Å². The summed E-state index contributed by atoms with van der Waals surface area (Å²) >= 11 is 0. The van der Waals surface area contributed by atoms with Gasteiger partial charge >= 0.3 is 0 Å². The Balaban J connectivity index is 1.53. The molecular formula is C23H24FN3O4. The molecule has 0 bridgehead atoms. The van der Waals surface area contributed by atoms with Crippen molar-refractivity contribution >= 4 is 28.9 Å². The second kappa shape index (κ2) is 8.45. The second-order valence-corrected chi connectivity index (χ2v) is 8.41. The van der Waals surface area contributed by atoms with Gasteiger partial charge in [0.2, 0.25) is 11.8 Å². The van der Waals surface area contributed by atoms with E-state index < -0.39 is 4.92 Å². The predicted octanol–water partition coefficient (Wildman–Crippen LogP) is 4.31. The SMILES string of the molecule is C[C@@H]1CC[C@@H]2C(=O)N(c3ccc(NCCc4cccc(F)c4)c([N+](=O)[O-])c3)C(=O)[C@@H]2C1. The average Bonchev–Trinajstić information content (AvgIpc) is 2.98. The molecule has 31 heavy (non-hydrogen) atoms. The Morgan fingerprint density at radius 2 is 1.90 bits per heavy atom. The lowest BCUT2D eigenvalue weighted by Crippen LogP contribution is -2.31. The van der Waals surface area contributed by atoms with Gasteiger partial charge < -0.3 is 5.32 Å². The van der Waals surface area contributed by atoms with Crippen LogP contribution in [-0.4, -0.2) is 23.3 Å². The van der Waals surface area contributed by atoms with Crippen LogP contribution in [0.3, 0.4) is 0 Å². The lowest BCUT2D eigenvalue weighted by Gasteiger charge is -2.25. The highest BCUT2D eigenvalue weighted by atomic mass is 19.1. The fourth-order valence-corrected chi connectivity index (χ4v) is 4.64. The van der Waals surface area contributed by atoms with E-state index in [2.05, 4.69) is 12.2 Å². The van der Waals surface area contributed by atoms with Gasteiger partial charge in [0.25, 0.3) is 5.69 Å². The Morgan fingerprint density at radius 3 is 2.65 bits per heavy atom. The third-order valence-electron chi connectivity index (χ3n) is 6.24. The van der Waals surface area contributed by atoms with Gasteiger partial charge in [0.05, 0.1) is 22.4 Å². The second-order valence-electron chi connectivity index (χ2n) is 8.41. The van der Waals surface area contributed by atoms with Gasteiger partial charge in [0.15, 0.2) is 0 Å². The van der Waals surface area contributed by atoms with Crippen molar-refractivity contribution in [3.63, 3.8) is 0 Å². The van der Waals surface area contributed by atoms with Crippen LogP contribution in [0, 0.1) is 33.7 Å². The number of rotatable bonds is 6. The zero-order valence-electron chi connectivity index (χ0n) is 17.2. The fraction of sp³-hybridized carbons (Fsp3) is 0.391. The van der Waals surface area contributed by atoms with Crippen LogP contribution >= 0.6 is 0 Å². The minimum Gasteiger partial charge on any atom is -0.379 e. The topological polar surface area (TPSA) is 92.6 Å². The van der Waals surface area contributed by atoms with E-state index in [1.54, 1.807) is 18.2 Å². The first-order chi connectivity index (χ1) is 14.8. The maximum Gasteiger partial charge on any atom is 0.294 e. The molecule has 2 fully saturated rings. The summed E-state index contributed by atoms with van der Waals surface area (Å²) in [7, 11) is 0. The molecule has 4 rings (SSSR count). The molecule has 8 heteroatoms. The highest BCUT2D eigenvalue weighted by Gasteiger charge is 2.50. The number of nitrogens with one attached hydrogen (secondary N) is 1. The molecule has 0 radical (unpaired) electrons. The van der Waals surface area contributed by atoms with Crippen molar-refractivity contribution in [3.05, 3.63) is 64.0 Å². The molecule has 7 nitrogen and oxygen atoms in total. The number of fused-ring (bicyclic) bond motifs is 1. The highest BCUT2D eigenvalue weighted by molar-refractivity contribution is 6.22. The number of nitro groups is 1. The first-order valence-electron chi connectivity index (χ1n) is 10.5. The first kappa shape index (κ1) is 21.0. The zero-order valence-corrected chi connectivity index (χ0v) is 17.2. The normalized spacial score (nSPS) is 23.0. The van der Waals surface area contributed by atoms with Crippen molar-refractivity contribution in [3.8, 4) is 0 Å². The molecule has 0 aromatic heterocycles. The van der Waals surface area contributed by atoms with E-state index in [0.717, 1.165) is 16.9 Å². The summed E-state index contributed by atoms with van der Waals surface area (Å²) in [4.78, 5) is 38.0. The molecule has 2 amide bonds. The molecule has 162 valence electrons. The third kappa shape index (κ3) is 4.15. The number of nitro benzene ring substituents is 1. The number of anilines is 2. The largest absolute Gasteiger partial charge is 0.379 e. The number of halogens is 1. The molecule has 1 heterocycles. The molecule has 2 aromatic carbocycles. The van der Waals surface area contributed by atoms with E-state index in [4.69, 9.17) is 0 Å². The van der Waals surface area contributed by atoms with Gasteiger partial charge in [-0.2, -0.15) is 0 Å². The predicted molar refractivity (Wildman–Crippen MR) is 114 cm³/mol. The third-order valence-corrected chi connectivity index (χ3v) is 6.24. The molecule has 1 N–H and O–H groups in total. The molecule has 2 aromatic rings. The Labute approximate surface area is 179 Å². The quantitative estimate of drug-likeness (QED) is 0.423. The first-order valence-corrected chi connectivity index (χ1v) is 10.5. The molecule has 0 unspecified atom stereocenters. The van der Waals surface area contributed by atoms with Gasteiger partial charge in [-0.3, -0.25) is 19.7 Å². The van der Waals surface area contributed by atoms with Gasteiger partial charge in [0, 0.05) is 12.6 Å². The molecular weight excluding hydrogens is 401 g/mol. The van der Waals surface area contributed by atoms with Crippen LogP contribution in [0.5, 0.6) is 0 Å². The Hall–Kier alpha value is -3.29. The van der Waals surface area contributed by atoms with Gasteiger partial charge in [-0.05, 0) is 61.4 Å². The summed E-state index contributed by atoms with van der Waals surface area (Å²) < 4.78 is 13.3. The number of carbonyl (C=O) groups excluding carboxylic acids is 2. The number of nitrogens with zero attached hydrogens (tertiary/aromatic N) is 2. The summed E-state index contributed by atoms with van der Waals surface area (Å²) in [5, 5.41) is 14.7. The number of hydrogen-bond acceptors (Lipinski definition) is 5. The van der Waals surface area contributed by atoms with Crippen molar-refractivity contribution in [1.29, 1.82) is 0 Å². The maximum atomic E-state index is 13.3. The van der Waals surface area contributed by atoms with Crippen LogP contribution in [0.4, 0.5) is 21.5 Å². The number of benzene rings is 2. The zero-order chi connectivity index (χ0) is 22.1. The molecule has 1 aliphatic heterocycles. The van der Waals surface area contributed by atoms with Gasteiger partial charge in [-0.25, -0.2) is 9.29 Å². The summed E-state index contributed by atoms with van der Waals surface area (Å²) in [6.07, 6.45) is 2.74. The Bertz CT molecular complexity index is 1040. The van der Waals surface area contributed by atoms with Crippen LogP contribution in [0.2, 0.25) is 0 Å². The van der Waals surface area contributed by atoms with E-state index in [1.807, 2.05) is 0 Å². The Kier molecular flexibility index (Phi) is 5.71. The minimum atomic E-state index is -0.534. The summed E-state index contributed by atoms with van der Waals surface area (Å²) in [5.74, 6) is -1.13. The fourth-order valence-electron chi connectivity index (χ4n) is 4.64. The molecule has 1 aliphatic carbocycles. The van der Waals surface area contributed by atoms with Crippen molar-refractivity contribution in [2.75, 3.05) is 16.8 Å². The number of imide groups is 1. The number of amides is 2. The monoisotopic (exact) mass is 425 g/mol. The van der Waals surface area contributed by atoms with Crippen molar-refractivity contribution < 1.29 is 18.9 Å². The highest BCUT2D eigenvalue weighted by Crippen LogP contribution is 2.43. The van der Waals surface area contributed by atoms with Crippen LogP contribution < -0.4 is 10.2 Å². The van der Waals surface area contributed by atoms with Gasteiger partial charge in [0.1, 0.15) is 11.5 Å². The van der Waals surface area contributed by atoms with E-state index >= 15 is 0 Å². The maximum absolute atomic E-state index is 13.3. The average molecular weight is 425 g/mol. The number of carbonyl (C=O) groups is 2. The van der Waals surface area contributed by atoms with E-state index in [0.29, 0.717) is 31.7 Å². The van der Waals surface area contributed by atoms with Crippen LogP contribution in [0.25, 0.3) is 0 Å². The Morgan fingerprint density at radius 1 is 1.13 bits per heavy atom. The lowest BCUT2D eigenvalue weighted by atomic mass is 9.76. The van der Waals surface area contributed by atoms with E-state index in [9.17, 15) is 24.1 Å². The van der Waals surface area contributed by atoms with Crippen LogP contribution in [0.1, 0.15) is 31.7 Å². The molecule has 0 spiro atoms. The van der Waals surface area contributed by atoms with Crippen LogP contribution in [-0.2, 0) is 16.0 Å². The van der Waals surface area contributed by atoms with Gasteiger partial charge in [-0.1, -0.05) is 19.1 Å². The van der Waals surface area contributed by atoms with E-state index in [1.165, 1.54) is 24.3 Å². The van der Waals surface area contributed by atoms with E-state index in [-0.39, 0.29) is 46.5 Å². The lowest BCUT2D eigenvalue weighted by molar-refractivity contribution is -0.383. The van der Waals surface area contributed by atoms with Crippen molar-refractivity contribution in [2.45, 2.75) is 32.6 Å². The van der Waals surface area contributed by atoms with Crippen LogP contribution in [0.15, 0.2) is 42.5 Å². The minimum absolute atomic E-state index is 0.208. The molecule has 2 aliphatic rings. The standard InChI is InChI=1S/C23H24FN3O4/c1-14-5-7-18-19(11-14)23(29)26(22(18)28)17-6-8-20(21(13-17)27(30)31)25-10-9-15-3-2-4-16(24)12-15/h2-4,6,8,12-14,18-19,25H,5,7,9-11H2,1H3/t14-,18+,19-/m1/s1. The summed E-state index contributed by atoms with van der Waals surface area (Å²) in [6, 6.07) is 10.5. The molecule has 1 saturated carbocycles. The number of hydrogen-bond donors (Lipinski definition) is 1. The molecule has 1 saturated heterocycles. The van der Waals surface area contributed by atoms with Crippen molar-refractivity contribution in [1.82, 2.24) is 0 Å². The summed E-state index contributed by atoms with van der Waals surface area (Å²) in [5.41, 5.74) is 1.09. The van der Waals surface area contributed by atoms with Gasteiger partial charge in [-0.15, -0.1) is 0 Å². The summed E-state index contributed by atoms with van der Waals surface area (Å²) in [6.45, 7) is 2.44. The molecule has 3 atom stereocenters.